The molecule has 106 valence electrons. The summed E-state index contributed by atoms with van der Waals surface area (Å²) in [6.07, 6.45) is 0. The number of aromatic amines is 1. The molecule has 1 saturated carbocycles. The van der Waals surface area contributed by atoms with Crippen LogP contribution < -0.4 is 5.32 Å². The Labute approximate surface area is 116 Å². The number of benzene rings is 1. The number of H-pyrrole nitrogens is 1. The quantitative estimate of drug-likeness (QED) is 0.664. The van der Waals surface area contributed by atoms with Crippen LogP contribution in [0.4, 0.5) is 11.6 Å². The van der Waals surface area contributed by atoms with Crippen LogP contribution in [-0.4, -0.2) is 20.9 Å². The van der Waals surface area contributed by atoms with Crippen molar-refractivity contribution in [1.82, 2.24) is 9.97 Å². The van der Waals surface area contributed by atoms with E-state index in [4.69, 9.17) is 0 Å². The summed E-state index contributed by atoms with van der Waals surface area (Å²) < 4.78 is 0. The molecule has 0 aliphatic heterocycles. The smallest absolute Gasteiger partial charge is 0.271 e. The van der Waals surface area contributed by atoms with Gasteiger partial charge in [-0.3, -0.25) is 10.1 Å². The summed E-state index contributed by atoms with van der Waals surface area (Å²) in [5.41, 5.74) is 1.89. The van der Waals surface area contributed by atoms with E-state index in [1.807, 2.05) is 0 Å². The molecule has 6 heteroatoms. The minimum Gasteiger partial charge on any atom is -0.352 e. The van der Waals surface area contributed by atoms with E-state index in [0.29, 0.717) is 17.5 Å². The van der Waals surface area contributed by atoms with Crippen molar-refractivity contribution in [2.24, 2.45) is 10.8 Å². The number of rotatable bonds is 3. The van der Waals surface area contributed by atoms with E-state index >= 15 is 0 Å². The predicted octanol–water partition coefficient (Wildman–Crippen LogP) is 3.32. The number of nitro groups is 1. The molecule has 3 rings (SSSR count). The zero-order chi connectivity index (χ0) is 14.7. The molecule has 1 aromatic heterocycles. The highest BCUT2D eigenvalue weighted by atomic mass is 16.6. The first-order valence-electron chi connectivity index (χ1n) is 6.64. The van der Waals surface area contributed by atoms with Crippen molar-refractivity contribution < 1.29 is 4.92 Å². The second-order valence-corrected chi connectivity index (χ2v) is 6.56. The Bertz CT molecular complexity index is 688. The molecule has 2 N–H and O–H groups in total. The number of hydrogen-bond acceptors (Lipinski definition) is 4. The Hall–Kier alpha value is -2.11. The lowest BCUT2D eigenvalue weighted by Crippen LogP contribution is -2.10. The Morgan fingerprint density at radius 1 is 1.30 bits per heavy atom. The zero-order valence-electron chi connectivity index (χ0n) is 12.0. The third-order valence-electron chi connectivity index (χ3n) is 4.98. The van der Waals surface area contributed by atoms with E-state index in [9.17, 15) is 10.1 Å². The number of hydrogen-bond donors (Lipinski definition) is 2. The lowest BCUT2D eigenvalue weighted by Gasteiger charge is -2.03. The summed E-state index contributed by atoms with van der Waals surface area (Å²) in [4.78, 5) is 17.9. The molecular weight excluding hydrogens is 256 g/mol. The first-order valence-corrected chi connectivity index (χ1v) is 6.64. The first kappa shape index (κ1) is 12.9. The van der Waals surface area contributed by atoms with Crippen LogP contribution in [0.3, 0.4) is 0 Å². The number of nitrogens with one attached hydrogen (secondary N) is 2. The number of fused-ring (bicyclic) bond motifs is 1. The summed E-state index contributed by atoms with van der Waals surface area (Å²) in [7, 11) is 0. The van der Waals surface area contributed by atoms with E-state index in [0.717, 1.165) is 5.52 Å². The van der Waals surface area contributed by atoms with Crippen LogP contribution in [0.1, 0.15) is 27.7 Å². The number of anilines is 1. The van der Waals surface area contributed by atoms with Crippen molar-refractivity contribution in [3.63, 3.8) is 0 Å². The van der Waals surface area contributed by atoms with Crippen LogP contribution in [0.25, 0.3) is 11.0 Å². The van der Waals surface area contributed by atoms with Crippen molar-refractivity contribution >= 4 is 22.7 Å². The lowest BCUT2D eigenvalue weighted by molar-refractivity contribution is -0.384. The molecule has 0 radical (unpaired) electrons. The van der Waals surface area contributed by atoms with E-state index in [1.165, 1.54) is 12.1 Å². The Kier molecular flexibility index (Phi) is 2.39. The lowest BCUT2D eigenvalue weighted by atomic mass is 10.0. The van der Waals surface area contributed by atoms with Gasteiger partial charge in [-0.2, -0.15) is 0 Å². The fourth-order valence-electron chi connectivity index (χ4n) is 2.87. The first-order chi connectivity index (χ1) is 9.23. The number of nitro benzene ring substituents is 1. The van der Waals surface area contributed by atoms with Gasteiger partial charge >= 0.3 is 0 Å². The van der Waals surface area contributed by atoms with Gasteiger partial charge in [0, 0.05) is 18.2 Å². The van der Waals surface area contributed by atoms with Crippen LogP contribution in [-0.2, 0) is 0 Å². The Morgan fingerprint density at radius 2 is 1.95 bits per heavy atom. The Morgan fingerprint density at radius 3 is 2.50 bits per heavy atom. The highest BCUT2D eigenvalue weighted by Crippen LogP contribution is 2.63. The summed E-state index contributed by atoms with van der Waals surface area (Å²) in [5.74, 6) is 0.671. The third kappa shape index (κ3) is 1.67. The fourth-order valence-corrected chi connectivity index (χ4v) is 2.87. The summed E-state index contributed by atoms with van der Waals surface area (Å²) in [6, 6.07) is 4.98. The molecule has 2 aromatic rings. The van der Waals surface area contributed by atoms with E-state index in [-0.39, 0.29) is 16.5 Å². The van der Waals surface area contributed by atoms with Crippen LogP contribution >= 0.6 is 0 Å². The molecule has 0 bridgehead atoms. The highest BCUT2D eigenvalue weighted by Gasteiger charge is 2.65. The maximum atomic E-state index is 10.8. The maximum absolute atomic E-state index is 10.8. The average Bonchev–Trinajstić information content (AvgIpc) is 2.68. The second kappa shape index (κ2) is 3.71. The summed E-state index contributed by atoms with van der Waals surface area (Å²) in [5, 5.41) is 14.2. The minimum atomic E-state index is -0.402. The average molecular weight is 274 g/mol. The molecule has 20 heavy (non-hydrogen) atoms. The highest BCUT2D eigenvalue weighted by molar-refractivity contribution is 5.80. The molecule has 1 aliphatic carbocycles. The standard InChI is InChI=1S/C14H18N4O2/c1-13(2)11(14(13,3)4)17-12-15-9-6-5-8(18(19)20)7-10(9)16-12/h5-7,11H,1-4H3,(H2,15,16,17). The second-order valence-electron chi connectivity index (χ2n) is 6.56. The summed E-state index contributed by atoms with van der Waals surface area (Å²) >= 11 is 0. The largest absolute Gasteiger partial charge is 0.352 e. The molecular formula is C14H18N4O2. The van der Waals surface area contributed by atoms with Crippen molar-refractivity contribution in [2.45, 2.75) is 33.7 Å². The van der Waals surface area contributed by atoms with Gasteiger partial charge in [0.15, 0.2) is 0 Å². The van der Waals surface area contributed by atoms with Crippen LogP contribution in [0.2, 0.25) is 0 Å². The Balaban J connectivity index is 1.89. The number of nitrogens with zero attached hydrogens (tertiary/aromatic N) is 2. The van der Waals surface area contributed by atoms with Crippen LogP contribution in [0.15, 0.2) is 18.2 Å². The van der Waals surface area contributed by atoms with E-state index in [1.54, 1.807) is 6.07 Å². The monoisotopic (exact) mass is 274 g/mol. The van der Waals surface area contributed by atoms with Crippen LogP contribution in [0.5, 0.6) is 0 Å². The van der Waals surface area contributed by atoms with Crippen molar-refractivity contribution in [1.29, 1.82) is 0 Å². The molecule has 1 aromatic carbocycles. The SMILES string of the molecule is CC1(C)C(Nc2nc3ccc([N+](=O)[O-])cc3[nH]2)C1(C)C. The fraction of sp³-hybridized carbons (Fsp3) is 0.500. The van der Waals surface area contributed by atoms with E-state index < -0.39 is 4.92 Å². The van der Waals surface area contributed by atoms with Gasteiger partial charge in [0.1, 0.15) is 0 Å². The van der Waals surface area contributed by atoms with Gasteiger partial charge in [0.2, 0.25) is 5.95 Å². The van der Waals surface area contributed by atoms with Crippen molar-refractivity contribution in [2.75, 3.05) is 5.32 Å². The number of aromatic nitrogens is 2. The molecule has 6 nitrogen and oxygen atoms in total. The van der Waals surface area contributed by atoms with Crippen molar-refractivity contribution in [3.8, 4) is 0 Å². The van der Waals surface area contributed by atoms with Gasteiger partial charge in [-0.25, -0.2) is 4.98 Å². The van der Waals surface area contributed by atoms with Gasteiger partial charge < -0.3 is 10.3 Å². The van der Waals surface area contributed by atoms with Gasteiger partial charge in [-0.05, 0) is 16.9 Å². The van der Waals surface area contributed by atoms with Gasteiger partial charge in [-0.15, -0.1) is 0 Å². The molecule has 1 heterocycles. The molecule has 1 fully saturated rings. The van der Waals surface area contributed by atoms with E-state index in [2.05, 4.69) is 43.0 Å². The van der Waals surface area contributed by atoms with Gasteiger partial charge in [-0.1, -0.05) is 27.7 Å². The zero-order valence-corrected chi connectivity index (χ0v) is 12.0. The molecule has 0 amide bonds. The number of non-ortho nitro benzene ring substituents is 1. The maximum Gasteiger partial charge on any atom is 0.271 e. The molecule has 1 aliphatic rings. The molecule has 0 unspecified atom stereocenters. The van der Waals surface area contributed by atoms with Crippen molar-refractivity contribution in [3.05, 3.63) is 28.3 Å². The summed E-state index contributed by atoms with van der Waals surface area (Å²) in [6.45, 7) is 8.88. The number of imidazole rings is 1. The minimum absolute atomic E-state index is 0.0692. The third-order valence-corrected chi connectivity index (χ3v) is 4.98. The predicted molar refractivity (Wildman–Crippen MR) is 77.7 cm³/mol. The van der Waals surface area contributed by atoms with Gasteiger partial charge in [0.25, 0.3) is 5.69 Å². The molecule has 0 saturated heterocycles. The molecule has 0 atom stereocenters. The van der Waals surface area contributed by atoms with Gasteiger partial charge in [0.05, 0.1) is 16.0 Å². The van der Waals surface area contributed by atoms with Crippen LogP contribution in [0, 0.1) is 20.9 Å². The topological polar surface area (TPSA) is 83.8 Å². The normalized spacial score (nSPS) is 20.0. The molecule has 0 spiro atoms.